The molecule has 0 saturated heterocycles. The normalized spacial score (nSPS) is 19.0. The molecule has 0 aliphatic heterocycles. The highest BCUT2D eigenvalue weighted by atomic mass is 19.1. The van der Waals surface area contributed by atoms with Gasteiger partial charge >= 0.3 is 0 Å². The monoisotopic (exact) mass is 438 g/mol. The number of halogens is 1. The van der Waals surface area contributed by atoms with E-state index in [1.165, 1.54) is 36.8 Å². The Kier molecular flexibility index (Phi) is 9.95. The van der Waals surface area contributed by atoms with Gasteiger partial charge in [-0.05, 0) is 104 Å². The maximum Gasteiger partial charge on any atom is 0.127 e. The van der Waals surface area contributed by atoms with Crippen molar-refractivity contribution in [2.75, 3.05) is 27.4 Å². The molecule has 0 unspecified atom stereocenters. The van der Waals surface area contributed by atoms with Gasteiger partial charge in [0.2, 0.25) is 0 Å². The smallest absolute Gasteiger partial charge is 0.127 e. The molecule has 1 fully saturated rings. The van der Waals surface area contributed by atoms with Crippen LogP contribution in [0.3, 0.4) is 0 Å². The average molecular weight is 439 g/mol. The zero-order valence-electron chi connectivity index (χ0n) is 20.0. The number of benzene rings is 2. The van der Waals surface area contributed by atoms with Gasteiger partial charge in [0.15, 0.2) is 0 Å². The van der Waals surface area contributed by atoms with Gasteiger partial charge in [-0.25, -0.2) is 4.39 Å². The molecule has 0 bridgehead atoms. The Bertz CT molecular complexity index is 839. The Balaban J connectivity index is 1.73. The Morgan fingerprint density at radius 3 is 2.09 bits per heavy atom. The molecule has 2 aromatic carbocycles. The molecule has 0 aromatic heterocycles. The molecule has 2 nitrogen and oxygen atoms in total. The van der Waals surface area contributed by atoms with Crippen molar-refractivity contribution in [1.82, 2.24) is 0 Å². The number of hydrogen-bond donors (Lipinski definition) is 0. The van der Waals surface area contributed by atoms with Crippen molar-refractivity contribution in [2.24, 2.45) is 5.92 Å². The summed E-state index contributed by atoms with van der Waals surface area (Å²) in [6.45, 7) is 3.44. The number of ether oxygens (including phenoxy) is 2. The molecule has 3 heteroatoms. The molecule has 1 aliphatic rings. The maximum absolute atomic E-state index is 15.2. The molecule has 0 atom stereocenters. The van der Waals surface area contributed by atoms with Crippen molar-refractivity contribution in [2.45, 2.75) is 64.2 Å². The first-order valence-electron chi connectivity index (χ1n) is 12.2. The van der Waals surface area contributed by atoms with Gasteiger partial charge in [-0.3, -0.25) is 0 Å². The van der Waals surface area contributed by atoms with Crippen molar-refractivity contribution in [3.8, 4) is 11.1 Å². The molecule has 1 saturated carbocycles. The molecule has 0 heterocycles. The lowest BCUT2D eigenvalue weighted by molar-refractivity contribution is 0.201. The fraction of sp³-hybridized carbons (Fsp3) is 0.517. The van der Waals surface area contributed by atoms with E-state index in [4.69, 9.17) is 9.47 Å². The largest absolute Gasteiger partial charge is 0.384 e. The second kappa shape index (κ2) is 12.9. The second-order valence-corrected chi connectivity index (χ2v) is 9.12. The predicted octanol–water partition coefficient (Wildman–Crippen LogP) is 7.50. The second-order valence-electron chi connectivity index (χ2n) is 9.12. The summed E-state index contributed by atoms with van der Waals surface area (Å²) in [5.41, 5.74) is 5.36. The van der Waals surface area contributed by atoms with Crippen LogP contribution in [-0.2, 0) is 22.3 Å². The summed E-state index contributed by atoms with van der Waals surface area (Å²) in [6, 6.07) is 12.4. The summed E-state index contributed by atoms with van der Waals surface area (Å²) in [5.74, 6) is 1.10. The van der Waals surface area contributed by atoms with Crippen LogP contribution >= 0.6 is 0 Å². The number of methoxy groups -OCH3 is 2. The lowest BCUT2D eigenvalue weighted by Gasteiger charge is -2.29. The van der Waals surface area contributed by atoms with Crippen LogP contribution in [0.4, 0.5) is 4.39 Å². The van der Waals surface area contributed by atoms with Crippen LogP contribution in [0, 0.1) is 11.7 Å². The summed E-state index contributed by atoms with van der Waals surface area (Å²) in [7, 11) is 3.44. The van der Waals surface area contributed by atoms with Crippen LogP contribution < -0.4 is 0 Å². The van der Waals surface area contributed by atoms with E-state index in [1.807, 2.05) is 6.07 Å². The van der Waals surface area contributed by atoms with Crippen molar-refractivity contribution in [3.05, 3.63) is 71.1 Å². The van der Waals surface area contributed by atoms with Crippen LogP contribution in [0.5, 0.6) is 0 Å². The maximum atomic E-state index is 15.2. The van der Waals surface area contributed by atoms with Gasteiger partial charge in [0.1, 0.15) is 5.82 Å². The molecule has 0 radical (unpaired) electrons. The molecule has 0 amide bonds. The minimum absolute atomic E-state index is 0.0550. The third-order valence-electron chi connectivity index (χ3n) is 6.84. The zero-order chi connectivity index (χ0) is 22.8. The van der Waals surface area contributed by atoms with Crippen molar-refractivity contribution >= 4 is 0 Å². The molecule has 0 spiro atoms. The van der Waals surface area contributed by atoms with Gasteiger partial charge in [-0.1, -0.05) is 42.5 Å². The lowest BCUT2D eigenvalue weighted by atomic mass is 9.77. The molecule has 2 aromatic rings. The molecule has 3 rings (SSSR count). The zero-order valence-corrected chi connectivity index (χ0v) is 20.0. The number of hydrogen-bond acceptors (Lipinski definition) is 2. The molecule has 1 aliphatic carbocycles. The lowest BCUT2D eigenvalue weighted by Crippen LogP contribution is -2.14. The molecular weight excluding hydrogens is 399 g/mol. The van der Waals surface area contributed by atoms with Gasteiger partial charge < -0.3 is 9.47 Å². The van der Waals surface area contributed by atoms with Crippen molar-refractivity contribution < 1.29 is 13.9 Å². The average Bonchev–Trinajstić information content (AvgIpc) is 2.82. The molecule has 32 heavy (non-hydrogen) atoms. The van der Waals surface area contributed by atoms with E-state index in [-0.39, 0.29) is 5.82 Å². The van der Waals surface area contributed by atoms with Gasteiger partial charge in [0.25, 0.3) is 0 Å². The standard InChI is InChI=1S/C29H39FO2/c1-4-5-6-7-22-8-10-25(11-9-22)28-13-12-26(21-29(28)30)27-19-23(14-16-31-2)18-24(20-27)15-17-32-3/h4-5,12-13,18-22,25H,6-11,14-17H2,1-3H3/b5-4+. The van der Waals surface area contributed by atoms with E-state index >= 15 is 4.39 Å². The highest BCUT2D eigenvalue weighted by Gasteiger charge is 2.24. The van der Waals surface area contributed by atoms with E-state index in [0.717, 1.165) is 48.3 Å². The van der Waals surface area contributed by atoms with Gasteiger partial charge in [-0.2, -0.15) is 0 Å². The van der Waals surface area contributed by atoms with Crippen LogP contribution in [-0.4, -0.2) is 27.4 Å². The summed E-state index contributed by atoms with van der Waals surface area (Å²) < 4.78 is 25.7. The quantitative estimate of drug-likeness (QED) is 0.338. The molecule has 174 valence electrons. The van der Waals surface area contributed by atoms with Crippen LogP contribution in [0.2, 0.25) is 0 Å². The van der Waals surface area contributed by atoms with Crippen LogP contribution in [0.25, 0.3) is 11.1 Å². The SMILES string of the molecule is C/C=C/CCC1CCC(c2ccc(-c3cc(CCOC)cc(CCOC)c3)cc2F)CC1. The van der Waals surface area contributed by atoms with Crippen LogP contribution in [0.15, 0.2) is 48.6 Å². The van der Waals surface area contributed by atoms with Gasteiger partial charge in [0, 0.05) is 14.2 Å². The highest BCUT2D eigenvalue weighted by molar-refractivity contribution is 5.66. The summed E-state index contributed by atoms with van der Waals surface area (Å²) >= 11 is 0. The number of allylic oxidation sites excluding steroid dienone is 2. The number of rotatable bonds is 11. The summed E-state index contributed by atoms with van der Waals surface area (Å²) in [6.07, 6.45) is 13.2. The Labute approximate surface area is 193 Å². The Morgan fingerprint density at radius 2 is 1.53 bits per heavy atom. The third kappa shape index (κ3) is 7.02. The molecule has 0 N–H and O–H groups in total. The topological polar surface area (TPSA) is 18.5 Å². The van der Waals surface area contributed by atoms with Crippen LogP contribution in [0.1, 0.15) is 68.1 Å². The van der Waals surface area contributed by atoms with E-state index in [9.17, 15) is 0 Å². The first-order valence-corrected chi connectivity index (χ1v) is 12.2. The Morgan fingerprint density at radius 1 is 0.875 bits per heavy atom. The third-order valence-corrected chi connectivity index (χ3v) is 6.84. The first-order chi connectivity index (χ1) is 15.6. The first kappa shape index (κ1) is 24.7. The fourth-order valence-electron chi connectivity index (χ4n) is 4.96. The minimum atomic E-state index is -0.0550. The summed E-state index contributed by atoms with van der Waals surface area (Å²) in [4.78, 5) is 0. The Hall–Kier alpha value is -1.97. The van der Waals surface area contributed by atoms with Gasteiger partial charge in [-0.15, -0.1) is 0 Å². The van der Waals surface area contributed by atoms with E-state index in [2.05, 4.69) is 43.3 Å². The van der Waals surface area contributed by atoms with E-state index in [0.29, 0.717) is 19.1 Å². The van der Waals surface area contributed by atoms with Crippen molar-refractivity contribution in [1.29, 1.82) is 0 Å². The minimum Gasteiger partial charge on any atom is -0.384 e. The summed E-state index contributed by atoms with van der Waals surface area (Å²) in [5, 5.41) is 0. The van der Waals surface area contributed by atoms with Gasteiger partial charge in [0.05, 0.1) is 13.2 Å². The van der Waals surface area contributed by atoms with Crippen molar-refractivity contribution in [3.63, 3.8) is 0 Å². The van der Waals surface area contributed by atoms with E-state index < -0.39 is 0 Å². The fourth-order valence-corrected chi connectivity index (χ4v) is 4.96. The predicted molar refractivity (Wildman–Crippen MR) is 132 cm³/mol. The molecular formula is C29H39FO2. The van der Waals surface area contributed by atoms with E-state index in [1.54, 1.807) is 20.3 Å². The highest BCUT2D eigenvalue weighted by Crippen LogP contribution is 2.39.